The zero-order valence-corrected chi connectivity index (χ0v) is 15.7. The van der Waals surface area contributed by atoms with Crippen LogP contribution in [0.15, 0.2) is 79.0 Å². The number of hydrogen-bond donors (Lipinski definition) is 1. The van der Waals surface area contributed by atoms with Crippen LogP contribution in [0.5, 0.6) is 0 Å². The Hall–Kier alpha value is -3.53. The van der Waals surface area contributed by atoms with E-state index in [0.29, 0.717) is 17.8 Å². The highest BCUT2D eigenvalue weighted by molar-refractivity contribution is 6.07. The Bertz CT molecular complexity index is 1120. The number of benzene rings is 2. The number of carbonyl (C=O) groups is 1. The summed E-state index contributed by atoms with van der Waals surface area (Å²) in [5.74, 6) is -0.0940. The van der Waals surface area contributed by atoms with Crippen LogP contribution >= 0.6 is 0 Å². The van der Waals surface area contributed by atoms with Gasteiger partial charge in [0.25, 0.3) is 5.91 Å². The third-order valence-electron chi connectivity index (χ3n) is 4.67. The van der Waals surface area contributed by atoms with Crippen molar-refractivity contribution in [2.75, 3.05) is 6.54 Å². The number of nitrogens with one attached hydrogen (secondary N) is 1. The number of aromatic nitrogens is 2. The van der Waals surface area contributed by atoms with Crippen LogP contribution in [0.4, 0.5) is 0 Å². The molecule has 0 bridgehead atoms. The fourth-order valence-electron chi connectivity index (χ4n) is 3.29. The van der Waals surface area contributed by atoms with Crippen LogP contribution in [0.2, 0.25) is 0 Å². The Labute approximate surface area is 164 Å². The summed E-state index contributed by atoms with van der Waals surface area (Å²) < 4.78 is 0. The molecule has 28 heavy (non-hydrogen) atoms. The molecule has 0 atom stereocenters. The number of rotatable bonds is 5. The van der Waals surface area contributed by atoms with Gasteiger partial charge in [0.15, 0.2) is 0 Å². The van der Waals surface area contributed by atoms with E-state index in [4.69, 9.17) is 0 Å². The maximum absolute atomic E-state index is 12.9. The van der Waals surface area contributed by atoms with Crippen molar-refractivity contribution in [3.05, 3.63) is 95.7 Å². The zero-order chi connectivity index (χ0) is 19.3. The lowest BCUT2D eigenvalue weighted by Gasteiger charge is -2.10. The molecule has 2 heterocycles. The van der Waals surface area contributed by atoms with Crippen molar-refractivity contribution in [3.8, 4) is 11.4 Å². The van der Waals surface area contributed by atoms with Gasteiger partial charge >= 0.3 is 0 Å². The van der Waals surface area contributed by atoms with Crippen molar-refractivity contribution in [1.29, 1.82) is 0 Å². The van der Waals surface area contributed by atoms with Crippen LogP contribution in [0.1, 0.15) is 21.5 Å². The second-order valence-corrected chi connectivity index (χ2v) is 6.78. The molecular weight excluding hydrogens is 346 g/mol. The molecule has 4 heteroatoms. The predicted octanol–water partition coefficient (Wildman–Crippen LogP) is 4.58. The molecule has 2 aromatic carbocycles. The van der Waals surface area contributed by atoms with Gasteiger partial charge in [-0.15, -0.1) is 0 Å². The fraction of sp³-hybridized carbons (Fsp3) is 0.125. The smallest absolute Gasteiger partial charge is 0.252 e. The molecule has 138 valence electrons. The van der Waals surface area contributed by atoms with E-state index in [-0.39, 0.29) is 5.91 Å². The van der Waals surface area contributed by atoms with Gasteiger partial charge in [0.05, 0.1) is 22.5 Å². The van der Waals surface area contributed by atoms with E-state index in [1.807, 2.05) is 54.6 Å². The largest absolute Gasteiger partial charge is 0.352 e. The van der Waals surface area contributed by atoms with E-state index in [2.05, 4.69) is 40.4 Å². The Balaban J connectivity index is 1.60. The minimum absolute atomic E-state index is 0.0940. The summed E-state index contributed by atoms with van der Waals surface area (Å²) in [6.07, 6.45) is 2.53. The molecule has 0 spiro atoms. The molecule has 2 aromatic heterocycles. The van der Waals surface area contributed by atoms with Crippen molar-refractivity contribution >= 4 is 16.8 Å². The topological polar surface area (TPSA) is 54.9 Å². The van der Waals surface area contributed by atoms with Gasteiger partial charge in [0.2, 0.25) is 0 Å². The molecule has 0 saturated heterocycles. The molecule has 0 fully saturated rings. The Kier molecular flexibility index (Phi) is 5.11. The average Bonchev–Trinajstić information content (AvgIpc) is 2.73. The number of nitrogens with zero attached hydrogens (tertiary/aromatic N) is 2. The van der Waals surface area contributed by atoms with E-state index in [1.165, 1.54) is 11.1 Å². The van der Waals surface area contributed by atoms with Crippen molar-refractivity contribution < 1.29 is 4.79 Å². The Morgan fingerprint density at radius 2 is 1.79 bits per heavy atom. The maximum atomic E-state index is 12.9. The molecule has 1 N–H and O–H groups in total. The van der Waals surface area contributed by atoms with Crippen molar-refractivity contribution in [2.45, 2.75) is 13.3 Å². The summed E-state index contributed by atoms with van der Waals surface area (Å²) in [5.41, 5.74) is 5.30. The molecule has 0 saturated carbocycles. The lowest BCUT2D eigenvalue weighted by atomic mass is 10.1. The number of pyridine rings is 2. The van der Waals surface area contributed by atoms with Crippen LogP contribution in [-0.4, -0.2) is 22.4 Å². The second-order valence-electron chi connectivity index (χ2n) is 6.78. The average molecular weight is 367 g/mol. The van der Waals surface area contributed by atoms with Crippen LogP contribution in [0.25, 0.3) is 22.3 Å². The van der Waals surface area contributed by atoms with E-state index >= 15 is 0 Å². The van der Waals surface area contributed by atoms with Gasteiger partial charge < -0.3 is 5.32 Å². The first-order valence-electron chi connectivity index (χ1n) is 9.35. The van der Waals surface area contributed by atoms with E-state index in [9.17, 15) is 4.79 Å². The van der Waals surface area contributed by atoms with Crippen molar-refractivity contribution in [3.63, 3.8) is 0 Å². The SMILES string of the molecule is Cc1cccc(CCNC(=O)c2cc(-c3ccccn3)nc3ccccc23)c1. The van der Waals surface area contributed by atoms with Gasteiger partial charge in [-0.2, -0.15) is 0 Å². The molecule has 4 rings (SSSR count). The van der Waals surface area contributed by atoms with E-state index in [1.54, 1.807) is 6.20 Å². The number of fused-ring (bicyclic) bond motifs is 1. The second kappa shape index (κ2) is 8.01. The summed E-state index contributed by atoms with van der Waals surface area (Å²) in [7, 11) is 0. The quantitative estimate of drug-likeness (QED) is 0.562. The molecule has 0 radical (unpaired) electrons. The monoisotopic (exact) mass is 367 g/mol. The van der Waals surface area contributed by atoms with Gasteiger partial charge in [-0.3, -0.25) is 9.78 Å². The van der Waals surface area contributed by atoms with E-state index in [0.717, 1.165) is 23.0 Å². The number of amides is 1. The number of hydrogen-bond acceptors (Lipinski definition) is 3. The first-order chi connectivity index (χ1) is 13.7. The minimum Gasteiger partial charge on any atom is -0.352 e. The van der Waals surface area contributed by atoms with Crippen LogP contribution in [-0.2, 0) is 6.42 Å². The predicted molar refractivity (Wildman–Crippen MR) is 112 cm³/mol. The molecule has 4 aromatic rings. The van der Waals surface area contributed by atoms with Crippen molar-refractivity contribution in [2.24, 2.45) is 0 Å². The highest BCUT2D eigenvalue weighted by Crippen LogP contribution is 2.23. The van der Waals surface area contributed by atoms with Gasteiger partial charge in [-0.25, -0.2) is 4.98 Å². The van der Waals surface area contributed by atoms with E-state index < -0.39 is 0 Å². The summed E-state index contributed by atoms with van der Waals surface area (Å²) in [6.45, 7) is 2.65. The van der Waals surface area contributed by atoms with Crippen LogP contribution in [0, 0.1) is 6.92 Å². The molecular formula is C24H21N3O. The minimum atomic E-state index is -0.0940. The van der Waals surface area contributed by atoms with Crippen molar-refractivity contribution in [1.82, 2.24) is 15.3 Å². The lowest BCUT2D eigenvalue weighted by Crippen LogP contribution is -2.26. The maximum Gasteiger partial charge on any atom is 0.252 e. The molecule has 0 aliphatic heterocycles. The number of aryl methyl sites for hydroxylation is 1. The molecule has 0 unspecified atom stereocenters. The third-order valence-corrected chi connectivity index (χ3v) is 4.67. The molecule has 1 amide bonds. The highest BCUT2D eigenvalue weighted by atomic mass is 16.1. The fourth-order valence-corrected chi connectivity index (χ4v) is 3.29. The first-order valence-corrected chi connectivity index (χ1v) is 9.35. The lowest BCUT2D eigenvalue weighted by molar-refractivity contribution is 0.0956. The number of carbonyl (C=O) groups excluding carboxylic acids is 1. The summed E-state index contributed by atoms with van der Waals surface area (Å²) in [4.78, 5) is 22.0. The van der Waals surface area contributed by atoms with Gasteiger partial charge in [0.1, 0.15) is 0 Å². The third kappa shape index (κ3) is 3.91. The Morgan fingerprint density at radius 1 is 0.929 bits per heavy atom. The molecule has 0 aliphatic rings. The van der Waals surface area contributed by atoms with Gasteiger partial charge in [0, 0.05) is 18.1 Å². The summed E-state index contributed by atoms with van der Waals surface area (Å²) >= 11 is 0. The normalized spacial score (nSPS) is 10.8. The zero-order valence-electron chi connectivity index (χ0n) is 15.7. The molecule has 0 aliphatic carbocycles. The van der Waals surface area contributed by atoms with Gasteiger partial charge in [-0.1, -0.05) is 54.1 Å². The summed E-state index contributed by atoms with van der Waals surface area (Å²) in [6, 6.07) is 23.6. The van der Waals surface area contributed by atoms with Crippen LogP contribution < -0.4 is 5.32 Å². The number of para-hydroxylation sites is 1. The van der Waals surface area contributed by atoms with Crippen LogP contribution in [0.3, 0.4) is 0 Å². The molecule has 4 nitrogen and oxygen atoms in total. The van der Waals surface area contributed by atoms with Gasteiger partial charge in [-0.05, 0) is 43.2 Å². The first kappa shape index (κ1) is 17.9. The summed E-state index contributed by atoms with van der Waals surface area (Å²) in [5, 5.41) is 3.89. The Morgan fingerprint density at radius 3 is 2.61 bits per heavy atom. The standard InChI is InChI=1S/C24H21N3O/c1-17-7-6-8-18(15-17)12-14-26-24(28)20-16-23(22-11-4-5-13-25-22)27-21-10-3-2-9-19(20)21/h2-11,13,15-16H,12,14H2,1H3,(H,26,28). The highest BCUT2D eigenvalue weighted by Gasteiger charge is 2.14.